The Bertz CT molecular complexity index is 335. The summed E-state index contributed by atoms with van der Waals surface area (Å²) in [5.74, 6) is 0.632. The lowest BCUT2D eigenvalue weighted by Crippen LogP contribution is -2.49. The third-order valence-electron chi connectivity index (χ3n) is 3.52. The van der Waals surface area contributed by atoms with Gasteiger partial charge in [-0.1, -0.05) is 6.92 Å². The Hall–Kier alpha value is -0.170. The Labute approximate surface area is 112 Å². The second-order valence-electron chi connectivity index (χ2n) is 5.44. The first-order valence-corrected chi connectivity index (χ1v) is 8.26. The summed E-state index contributed by atoms with van der Waals surface area (Å²) in [4.78, 5) is 0. The zero-order valence-corrected chi connectivity index (χ0v) is 12.6. The summed E-state index contributed by atoms with van der Waals surface area (Å²) in [6, 6.07) is -0.0131. The Morgan fingerprint density at radius 1 is 1.33 bits per heavy atom. The summed E-state index contributed by atoms with van der Waals surface area (Å²) < 4.78 is 28.3. The molecule has 0 radical (unpaired) electrons. The molecule has 0 spiro atoms. The minimum atomic E-state index is -3.31. The molecule has 0 bridgehead atoms. The molecule has 0 aliphatic carbocycles. The van der Waals surface area contributed by atoms with E-state index in [4.69, 9.17) is 5.73 Å². The van der Waals surface area contributed by atoms with E-state index in [0.29, 0.717) is 38.5 Å². The molecule has 1 rings (SSSR count). The minimum absolute atomic E-state index is 0.0131. The number of rotatable bonds is 6. The molecule has 1 saturated heterocycles. The number of piperidine rings is 1. The molecule has 1 aliphatic heterocycles. The summed E-state index contributed by atoms with van der Waals surface area (Å²) in [5.41, 5.74) is 5.48. The Morgan fingerprint density at radius 2 is 1.89 bits per heavy atom. The standard InChI is InChI=1S/C12H27N3O2S/c1-11(2)15(8-4-7-13)18(16,17)14-9-5-12(3)6-10-14/h11-12H,4-10,13H2,1-3H3. The van der Waals surface area contributed by atoms with E-state index in [-0.39, 0.29) is 6.04 Å². The van der Waals surface area contributed by atoms with E-state index in [1.54, 1.807) is 8.61 Å². The molecule has 5 nitrogen and oxygen atoms in total. The first-order valence-electron chi connectivity index (χ1n) is 6.86. The maximum Gasteiger partial charge on any atom is 0.282 e. The minimum Gasteiger partial charge on any atom is -0.330 e. The van der Waals surface area contributed by atoms with Crippen molar-refractivity contribution in [1.82, 2.24) is 8.61 Å². The molecule has 0 unspecified atom stereocenters. The SMILES string of the molecule is CC1CCN(S(=O)(=O)N(CCCN)C(C)C)CC1. The topological polar surface area (TPSA) is 66.6 Å². The predicted molar refractivity (Wildman–Crippen MR) is 74.4 cm³/mol. The number of hydrogen-bond acceptors (Lipinski definition) is 3. The van der Waals surface area contributed by atoms with Crippen molar-refractivity contribution in [3.8, 4) is 0 Å². The quantitative estimate of drug-likeness (QED) is 0.788. The lowest BCUT2D eigenvalue weighted by Gasteiger charge is -2.35. The third-order valence-corrected chi connectivity index (χ3v) is 5.74. The molecule has 6 heteroatoms. The molecule has 1 aliphatic rings. The van der Waals surface area contributed by atoms with Crippen molar-refractivity contribution in [1.29, 1.82) is 0 Å². The molecular formula is C12H27N3O2S. The fourth-order valence-corrected chi connectivity index (χ4v) is 4.11. The van der Waals surface area contributed by atoms with Crippen LogP contribution in [0.1, 0.15) is 40.0 Å². The van der Waals surface area contributed by atoms with Gasteiger partial charge < -0.3 is 5.73 Å². The number of nitrogens with two attached hydrogens (primary N) is 1. The average molecular weight is 277 g/mol. The Kier molecular flexibility index (Phi) is 6.04. The van der Waals surface area contributed by atoms with Crippen LogP contribution in [0, 0.1) is 5.92 Å². The van der Waals surface area contributed by atoms with Crippen LogP contribution in [0.5, 0.6) is 0 Å². The van der Waals surface area contributed by atoms with Gasteiger partial charge in [0.15, 0.2) is 0 Å². The van der Waals surface area contributed by atoms with Crippen molar-refractivity contribution in [2.75, 3.05) is 26.2 Å². The van der Waals surface area contributed by atoms with Gasteiger partial charge >= 0.3 is 0 Å². The maximum atomic E-state index is 12.6. The molecule has 0 aromatic heterocycles. The largest absolute Gasteiger partial charge is 0.330 e. The predicted octanol–water partition coefficient (Wildman–Crippen LogP) is 1.02. The normalized spacial score (nSPS) is 19.9. The lowest BCUT2D eigenvalue weighted by atomic mass is 10.0. The fraction of sp³-hybridized carbons (Fsp3) is 1.00. The van der Waals surface area contributed by atoms with Gasteiger partial charge in [0.25, 0.3) is 10.2 Å². The molecule has 108 valence electrons. The maximum absolute atomic E-state index is 12.6. The second kappa shape index (κ2) is 6.84. The van der Waals surface area contributed by atoms with Gasteiger partial charge in [-0.15, -0.1) is 0 Å². The van der Waals surface area contributed by atoms with Crippen molar-refractivity contribution in [2.45, 2.75) is 46.1 Å². The van der Waals surface area contributed by atoms with Gasteiger partial charge in [-0.25, -0.2) is 0 Å². The Morgan fingerprint density at radius 3 is 2.33 bits per heavy atom. The van der Waals surface area contributed by atoms with Crippen LogP contribution < -0.4 is 5.73 Å². The smallest absolute Gasteiger partial charge is 0.282 e. The van der Waals surface area contributed by atoms with E-state index in [0.717, 1.165) is 12.8 Å². The van der Waals surface area contributed by atoms with Crippen LogP contribution in [-0.2, 0) is 10.2 Å². The van der Waals surface area contributed by atoms with Crippen molar-refractivity contribution in [2.24, 2.45) is 11.7 Å². The molecule has 0 aromatic rings. The van der Waals surface area contributed by atoms with Crippen LogP contribution in [0.3, 0.4) is 0 Å². The van der Waals surface area contributed by atoms with Crippen molar-refractivity contribution >= 4 is 10.2 Å². The highest BCUT2D eigenvalue weighted by atomic mass is 32.2. The van der Waals surface area contributed by atoms with Crippen LogP contribution in [0.15, 0.2) is 0 Å². The molecule has 2 N–H and O–H groups in total. The van der Waals surface area contributed by atoms with Gasteiger partial charge in [-0.05, 0) is 45.6 Å². The molecule has 18 heavy (non-hydrogen) atoms. The van der Waals surface area contributed by atoms with Gasteiger partial charge in [0.2, 0.25) is 0 Å². The fourth-order valence-electron chi connectivity index (χ4n) is 2.25. The summed E-state index contributed by atoms with van der Waals surface area (Å²) in [5, 5.41) is 0. The molecule has 0 atom stereocenters. The molecular weight excluding hydrogens is 250 g/mol. The van der Waals surface area contributed by atoms with Crippen LogP contribution in [0.25, 0.3) is 0 Å². The van der Waals surface area contributed by atoms with Gasteiger partial charge in [0.05, 0.1) is 0 Å². The zero-order chi connectivity index (χ0) is 13.8. The van der Waals surface area contributed by atoms with E-state index in [2.05, 4.69) is 6.92 Å². The van der Waals surface area contributed by atoms with E-state index in [9.17, 15) is 8.42 Å². The molecule has 0 aromatic carbocycles. The van der Waals surface area contributed by atoms with E-state index in [1.165, 1.54) is 0 Å². The van der Waals surface area contributed by atoms with Crippen LogP contribution in [-0.4, -0.2) is 49.2 Å². The summed E-state index contributed by atoms with van der Waals surface area (Å²) in [7, 11) is -3.31. The lowest BCUT2D eigenvalue weighted by molar-refractivity contribution is 0.251. The van der Waals surface area contributed by atoms with Gasteiger partial charge in [0.1, 0.15) is 0 Å². The average Bonchev–Trinajstić information content (AvgIpc) is 2.29. The zero-order valence-electron chi connectivity index (χ0n) is 11.8. The highest BCUT2D eigenvalue weighted by Gasteiger charge is 2.33. The molecule has 0 saturated carbocycles. The number of nitrogens with zero attached hydrogens (tertiary/aromatic N) is 2. The van der Waals surface area contributed by atoms with Crippen LogP contribution >= 0.6 is 0 Å². The van der Waals surface area contributed by atoms with E-state index < -0.39 is 10.2 Å². The highest BCUT2D eigenvalue weighted by Crippen LogP contribution is 2.22. The highest BCUT2D eigenvalue weighted by molar-refractivity contribution is 7.86. The van der Waals surface area contributed by atoms with Gasteiger partial charge in [-0.3, -0.25) is 0 Å². The van der Waals surface area contributed by atoms with Crippen molar-refractivity contribution in [3.05, 3.63) is 0 Å². The van der Waals surface area contributed by atoms with Crippen LogP contribution in [0.2, 0.25) is 0 Å². The second-order valence-corrected chi connectivity index (χ2v) is 7.32. The molecule has 1 heterocycles. The van der Waals surface area contributed by atoms with Crippen LogP contribution in [0.4, 0.5) is 0 Å². The molecule has 1 fully saturated rings. The summed E-state index contributed by atoms with van der Waals surface area (Å²) in [6.45, 7) is 8.35. The first kappa shape index (κ1) is 15.9. The van der Waals surface area contributed by atoms with Crippen molar-refractivity contribution in [3.63, 3.8) is 0 Å². The summed E-state index contributed by atoms with van der Waals surface area (Å²) in [6.07, 6.45) is 2.63. The molecule has 0 amide bonds. The monoisotopic (exact) mass is 277 g/mol. The van der Waals surface area contributed by atoms with Gasteiger partial charge in [0, 0.05) is 25.7 Å². The van der Waals surface area contributed by atoms with E-state index >= 15 is 0 Å². The van der Waals surface area contributed by atoms with Crippen molar-refractivity contribution < 1.29 is 8.42 Å². The third kappa shape index (κ3) is 3.91. The number of hydrogen-bond donors (Lipinski definition) is 1. The Balaban J connectivity index is 2.75. The van der Waals surface area contributed by atoms with Gasteiger partial charge in [-0.2, -0.15) is 17.0 Å². The van der Waals surface area contributed by atoms with E-state index in [1.807, 2.05) is 13.8 Å². The first-order chi connectivity index (χ1) is 8.39. The summed E-state index contributed by atoms with van der Waals surface area (Å²) >= 11 is 0.